The van der Waals surface area contributed by atoms with Crippen molar-refractivity contribution in [2.75, 3.05) is 33.4 Å². The van der Waals surface area contributed by atoms with Crippen LogP contribution >= 0.6 is 0 Å². The Morgan fingerprint density at radius 1 is 1.44 bits per heavy atom. The van der Waals surface area contributed by atoms with Crippen molar-refractivity contribution in [3.63, 3.8) is 0 Å². The lowest BCUT2D eigenvalue weighted by Crippen LogP contribution is -2.62. The molecule has 0 amide bonds. The number of rotatable bonds is 8. The third kappa shape index (κ3) is 3.05. The number of hydrogen-bond acceptors (Lipinski definition) is 4. The van der Waals surface area contributed by atoms with Crippen LogP contribution in [-0.2, 0) is 9.47 Å². The summed E-state index contributed by atoms with van der Waals surface area (Å²) in [6.45, 7) is 9.83. The fourth-order valence-electron chi connectivity index (χ4n) is 3.22. The normalized spacial score (nSPS) is 28.5. The van der Waals surface area contributed by atoms with E-state index < -0.39 is 0 Å². The monoisotopic (exact) mass is 258 g/mol. The lowest BCUT2D eigenvalue weighted by atomic mass is 9.87. The van der Waals surface area contributed by atoms with Gasteiger partial charge in [-0.1, -0.05) is 13.8 Å². The summed E-state index contributed by atoms with van der Waals surface area (Å²) in [7, 11) is 1.76. The SMILES string of the molecule is CCC(CC)N(CCOC)C1(CN)CCOC1C. The topological polar surface area (TPSA) is 47.7 Å². The molecule has 18 heavy (non-hydrogen) atoms. The van der Waals surface area contributed by atoms with Gasteiger partial charge in [0.15, 0.2) is 0 Å². The Labute approximate surface area is 112 Å². The van der Waals surface area contributed by atoms with Crippen molar-refractivity contribution in [3.8, 4) is 0 Å². The molecule has 0 radical (unpaired) electrons. The van der Waals surface area contributed by atoms with E-state index in [0.29, 0.717) is 12.6 Å². The maximum atomic E-state index is 6.12. The molecule has 4 heteroatoms. The third-order valence-corrected chi connectivity index (χ3v) is 4.50. The number of nitrogens with zero attached hydrogens (tertiary/aromatic N) is 1. The van der Waals surface area contributed by atoms with Crippen LogP contribution in [0.25, 0.3) is 0 Å². The maximum absolute atomic E-state index is 6.12. The van der Waals surface area contributed by atoms with Gasteiger partial charge in [-0.25, -0.2) is 0 Å². The molecule has 1 heterocycles. The standard InChI is InChI=1S/C14H30N2O2/c1-5-13(6-2)16(8-10-17-4)14(11-15)7-9-18-12(14)3/h12-13H,5-11,15H2,1-4H3. The molecule has 0 bridgehead atoms. The highest BCUT2D eigenvalue weighted by atomic mass is 16.5. The fourth-order valence-corrected chi connectivity index (χ4v) is 3.22. The van der Waals surface area contributed by atoms with E-state index in [1.165, 1.54) is 0 Å². The van der Waals surface area contributed by atoms with Gasteiger partial charge in [-0.05, 0) is 26.2 Å². The molecular formula is C14H30N2O2. The molecule has 0 saturated carbocycles. The summed E-state index contributed by atoms with van der Waals surface area (Å²) in [5, 5.41) is 0. The molecule has 108 valence electrons. The fraction of sp³-hybridized carbons (Fsp3) is 1.00. The molecule has 0 spiro atoms. The molecule has 2 unspecified atom stereocenters. The van der Waals surface area contributed by atoms with Crippen LogP contribution in [0.5, 0.6) is 0 Å². The summed E-state index contributed by atoms with van der Waals surface area (Å²) in [6, 6.07) is 0.563. The highest BCUT2D eigenvalue weighted by Gasteiger charge is 2.46. The average molecular weight is 258 g/mol. The van der Waals surface area contributed by atoms with Crippen molar-refractivity contribution in [1.29, 1.82) is 0 Å². The predicted molar refractivity (Wildman–Crippen MR) is 74.8 cm³/mol. The molecule has 0 aliphatic carbocycles. The van der Waals surface area contributed by atoms with Gasteiger partial charge in [-0.2, -0.15) is 0 Å². The first-order valence-corrected chi connectivity index (χ1v) is 7.23. The number of nitrogens with two attached hydrogens (primary N) is 1. The first-order chi connectivity index (χ1) is 8.66. The van der Waals surface area contributed by atoms with Gasteiger partial charge in [0.1, 0.15) is 0 Å². The average Bonchev–Trinajstić information content (AvgIpc) is 2.76. The molecule has 0 aromatic rings. The van der Waals surface area contributed by atoms with Crippen molar-refractivity contribution in [1.82, 2.24) is 4.90 Å². The molecule has 0 aromatic carbocycles. The van der Waals surface area contributed by atoms with Crippen LogP contribution in [0.2, 0.25) is 0 Å². The van der Waals surface area contributed by atoms with Crippen LogP contribution in [-0.4, -0.2) is 56.0 Å². The molecule has 1 saturated heterocycles. The quantitative estimate of drug-likeness (QED) is 0.719. The lowest BCUT2D eigenvalue weighted by molar-refractivity contribution is -0.0243. The third-order valence-electron chi connectivity index (χ3n) is 4.50. The Hall–Kier alpha value is -0.160. The molecule has 2 atom stereocenters. The summed E-state index contributed by atoms with van der Waals surface area (Å²) in [5.41, 5.74) is 6.11. The Morgan fingerprint density at radius 3 is 2.50 bits per heavy atom. The smallest absolute Gasteiger partial charge is 0.0743 e. The zero-order valence-corrected chi connectivity index (χ0v) is 12.4. The summed E-state index contributed by atoms with van der Waals surface area (Å²) in [6.07, 6.45) is 3.54. The van der Waals surface area contributed by atoms with Gasteiger partial charge in [0, 0.05) is 32.8 Å². The molecule has 1 aliphatic heterocycles. The van der Waals surface area contributed by atoms with Crippen LogP contribution in [0, 0.1) is 0 Å². The van der Waals surface area contributed by atoms with E-state index in [-0.39, 0.29) is 11.6 Å². The molecule has 0 aromatic heterocycles. The predicted octanol–water partition coefficient (Wildman–Crippen LogP) is 1.63. The minimum Gasteiger partial charge on any atom is -0.383 e. The second-order valence-electron chi connectivity index (χ2n) is 5.23. The number of ether oxygens (including phenoxy) is 2. The number of methoxy groups -OCH3 is 1. The zero-order valence-electron chi connectivity index (χ0n) is 12.4. The molecule has 1 aliphatic rings. The van der Waals surface area contributed by atoms with Crippen LogP contribution in [0.1, 0.15) is 40.0 Å². The van der Waals surface area contributed by atoms with Crippen LogP contribution in [0.3, 0.4) is 0 Å². The minimum absolute atomic E-state index is 0.00475. The first-order valence-electron chi connectivity index (χ1n) is 7.23. The van der Waals surface area contributed by atoms with Gasteiger partial charge < -0.3 is 15.2 Å². The second-order valence-corrected chi connectivity index (χ2v) is 5.23. The van der Waals surface area contributed by atoms with Gasteiger partial charge >= 0.3 is 0 Å². The van der Waals surface area contributed by atoms with Crippen LogP contribution in [0.15, 0.2) is 0 Å². The van der Waals surface area contributed by atoms with Crippen molar-refractivity contribution < 1.29 is 9.47 Å². The van der Waals surface area contributed by atoms with Gasteiger partial charge in [0.25, 0.3) is 0 Å². The van der Waals surface area contributed by atoms with Crippen molar-refractivity contribution in [2.45, 2.75) is 57.7 Å². The molecule has 4 nitrogen and oxygen atoms in total. The van der Waals surface area contributed by atoms with Crippen molar-refractivity contribution >= 4 is 0 Å². The minimum atomic E-state index is -0.00475. The first kappa shape index (κ1) is 15.9. The molecule has 1 fully saturated rings. The Kier molecular flexibility index (Phi) is 6.57. The Morgan fingerprint density at radius 2 is 2.11 bits per heavy atom. The van der Waals surface area contributed by atoms with Crippen LogP contribution in [0.4, 0.5) is 0 Å². The molecule has 2 N–H and O–H groups in total. The van der Waals surface area contributed by atoms with E-state index in [1.807, 2.05) is 0 Å². The summed E-state index contributed by atoms with van der Waals surface area (Å²) in [4.78, 5) is 2.55. The van der Waals surface area contributed by atoms with Gasteiger partial charge in [-0.3, -0.25) is 4.90 Å². The summed E-state index contributed by atoms with van der Waals surface area (Å²) in [5.74, 6) is 0. The van der Waals surface area contributed by atoms with Gasteiger partial charge in [0.05, 0.1) is 18.2 Å². The molecular weight excluding hydrogens is 228 g/mol. The highest BCUT2D eigenvalue weighted by molar-refractivity contribution is 5.02. The van der Waals surface area contributed by atoms with E-state index in [0.717, 1.165) is 39.0 Å². The highest BCUT2D eigenvalue weighted by Crippen LogP contribution is 2.34. The zero-order chi connectivity index (χ0) is 13.6. The van der Waals surface area contributed by atoms with Crippen molar-refractivity contribution in [3.05, 3.63) is 0 Å². The summed E-state index contributed by atoms with van der Waals surface area (Å²) < 4.78 is 11.1. The van der Waals surface area contributed by atoms with E-state index in [4.69, 9.17) is 15.2 Å². The van der Waals surface area contributed by atoms with Crippen LogP contribution < -0.4 is 5.73 Å². The van der Waals surface area contributed by atoms with Gasteiger partial charge in [0.2, 0.25) is 0 Å². The van der Waals surface area contributed by atoms with Gasteiger partial charge in [-0.15, -0.1) is 0 Å². The maximum Gasteiger partial charge on any atom is 0.0743 e. The summed E-state index contributed by atoms with van der Waals surface area (Å²) >= 11 is 0. The molecule has 1 rings (SSSR count). The van der Waals surface area contributed by atoms with E-state index in [1.54, 1.807) is 7.11 Å². The number of hydrogen-bond donors (Lipinski definition) is 1. The van der Waals surface area contributed by atoms with E-state index in [9.17, 15) is 0 Å². The van der Waals surface area contributed by atoms with E-state index in [2.05, 4.69) is 25.7 Å². The Balaban J connectivity index is 2.91. The van der Waals surface area contributed by atoms with E-state index >= 15 is 0 Å². The second kappa shape index (κ2) is 7.43. The lowest BCUT2D eigenvalue weighted by Gasteiger charge is -2.46. The largest absolute Gasteiger partial charge is 0.383 e. The Bertz CT molecular complexity index is 234. The van der Waals surface area contributed by atoms with Crippen molar-refractivity contribution in [2.24, 2.45) is 5.73 Å².